The second kappa shape index (κ2) is 8.85. The zero-order valence-electron chi connectivity index (χ0n) is 14.9. The molecule has 11 heteroatoms. The Bertz CT molecular complexity index is 993. The molecule has 2 heterocycles. The molecule has 0 atom stereocenters. The summed E-state index contributed by atoms with van der Waals surface area (Å²) in [4.78, 5) is 20.2. The third kappa shape index (κ3) is 5.30. The zero-order valence-corrected chi connectivity index (χ0v) is 16.4. The van der Waals surface area contributed by atoms with Crippen LogP contribution in [0.3, 0.4) is 0 Å². The Morgan fingerprint density at radius 2 is 2.18 bits per heavy atom. The minimum atomic E-state index is -0.322. The van der Waals surface area contributed by atoms with Crippen molar-refractivity contribution in [1.82, 2.24) is 30.3 Å². The van der Waals surface area contributed by atoms with E-state index < -0.39 is 0 Å². The summed E-state index contributed by atoms with van der Waals surface area (Å²) in [7, 11) is 0. The summed E-state index contributed by atoms with van der Waals surface area (Å²) in [6, 6.07) is 4.77. The number of ether oxygens (including phenoxy) is 1. The van der Waals surface area contributed by atoms with Crippen molar-refractivity contribution in [3.8, 4) is 5.75 Å². The second-order valence-electron chi connectivity index (χ2n) is 5.88. The lowest BCUT2D eigenvalue weighted by Crippen LogP contribution is -2.28. The molecule has 0 fully saturated rings. The molecule has 1 aromatic carbocycles. The molecule has 0 saturated heterocycles. The molecule has 9 nitrogen and oxygen atoms in total. The van der Waals surface area contributed by atoms with Crippen molar-refractivity contribution in [3.63, 3.8) is 0 Å². The van der Waals surface area contributed by atoms with Crippen LogP contribution in [0.25, 0.3) is 0 Å². The summed E-state index contributed by atoms with van der Waals surface area (Å²) >= 11 is 11.8. The Balaban J connectivity index is 1.49. The van der Waals surface area contributed by atoms with E-state index in [4.69, 9.17) is 33.7 Å². The van der Waals surface area contributed by atoms with Gasteiger partial charge in [-0.2, -0.15) is 0 Å². The van der Waals surface area contributed by atoms with E-state index in [1.165, 1.54) is 0 Å². The first-order valence-corrected chi connectivity index (χ1v) is 8.98. The Labute approximate surface area is 170 Å². The van der Waals surface area contributed by atoms with Crippen LogP contribution in [0.4, 0.5) is 5.82 Å². The SMILES string of the molecule is Cc1ncc(Cn2cc(CNC(=O)COc3ccc(Cl)cc3Cl)nn2)c(N)n1. The lowest BCUT2D eigenvalue weighted by Gasteiger charge is -2.08. The molecule has 0 aliphatic heterocycles. The molecule has 0 unspecified atom stereocenters. The average molecular weight is 422 g/mol. The van der Waals surface area contributed by atoms with Crippen LogP contribution in [-0.4, -0.2) is 37.5 Å². The van der Waals surface area contributed by atoms with Crippen LogP contribution < -0.4 is 15.8 Å². The predicted octanol–water partition coefficient (Wildman–Crippen LogP) is 2.01. The van der Waals surface area contributed by atoms with Gasteiger partial charge in [0.15, 0.2) is 6.61 Å². The highest BCUT2D eigenvalue weighted by molar-refractivity contribution is 6.35. The Morgan fingerprint density at radius 1 is 1.36 bits per heavy atom. The Hall–Kier alpha value is -2.91. The van der Waals surface area contributed by atoms with Crippen molar-refractivity contribution >= 4 is 34.9 Å². The summed E-state index contributed by atoms with van der Waals surface area (Å²) < 4.78 is 6.97. The number of hydrogen-bond acceptors (Lipinski definition) is 7. The van der Waals surface area contributed by atoms with E-state index >= 15 is 0 Å². The molecule has 0 saturated carbocycles. The Kier molecular flexibility index (Phi) is 6.27. The molecule has 0 aliphatic carbocycles. The number of aromatic nitrogens is 5. The van der Waals surface area contributed by atoms with E-state index in [-0.39, 0.29) is 19.1 Å². The molecule has 146 valence electrons. The number of nitrogens with one attached hydrogen (secondary N) is 1. The maximum Gasteiger partial charge on any atom is 0.258 e. The number of aryl methyl sites for hydroxylation is 1. The number of hydrogen-bond donors (Lipinski definition) is 2. The Morgan fingerprint density at radius 3 is 2.93 bits per heavy atom. The minimum Gasteiger partial charge on any atom is -0.482 e. The van der Waals surface area contributed by atoms with Gasteiger partial charge in [0.05, 0.1) is 24.3 Å². The number of halogens is 2. The van der Waals surface area contributed by atoms with Gasteiger partial charge in [0.25, 0.3) is 5.91 Å². The quantitative estimate of drug-likeness (QED) is 0.598. The topological polar surface area (TPSA) is 121 Å². The molecule has 1 amide bonds. The van der Waals surface area contributed by atoms with Gasteiger partial charge in [-0.25, -0.2) is 14.6 Å². The number of nitrogen functional groups attached to an aromatic ring is 1. The molecule has 2 aromatic heterocycles. The average Bonchev–Trinajstić information content (AvgIpc) is 3.09. The van der Waals surface area contributed by atoms with E-state index in [9.17, 15) is 4.79 Å². The van der Waals surface area contributed by atoms with Crippen LogP contribution in [0.2, 0.25) is 10.0 Å². The number of nitrogens with zero attached hydrogens (tertiary/aromatic N) is 5. The summed E-state index contributed by atoms with van der Waals surface area (Å²) in [5.41, 5.74) is 7.20. The highest BCUT2D eigenvalue weighted by Gasteiger charge is 2.09. The maximum atomic E-state index is 11.9. The van der Waals surface area contributed by atoms with E-state index in [0.29, 0.717) is 39.7 Å². The molecule has 3 rings (SSSR count). The monoisotopic (exact) mass is 421 g/mol. The first kappa shape index (κ1) is 19.8. The van der Waals surface area contributed by atoms with E-state index in [2.05, 4.69) is 25.6 Å². The van der Waals surface area contributed by atoms with Gasteiger partial charge in [0.1, 0.15) is 23.1 Å². The van der Waals surface area contributed by atoms with Crippen LogP contribution in [0.5, 0.6) is 5.75 Å². The molecule has 28 heavy (non-hydrogen) atoms. The van der Waals surface area contributed by atoms with Gasteiger partial charge in [0, 0.05) is 16.8 Å². The van der Waals surface area contributed by atoms with Gasteiger partial charge in [-0.1, -0.05) is 28.4 Å². The first-order valence-electron chi connectivity index (χ1n) is 8.22. The van der Waals surface area contributed by atoms with Gasteiger partial charge >= 0.3 is 0 Å². The van der Waals surface area contributed by atoms with Gasteiger partial charge in [-0.3, -0.25) is 4.79 Å². The van der Waals surface area contributed by atoms with Crippen molar-refractivity contribution in [3.05, 3.63) is 57.7 Å². The van der Waals surface area contributed by atoms with Gasteiger partial charge < -0.3 is 15.8 Å². The first-order chi connectivity index (χ1) is 13.4. The van der Waals surface area contributed by atoms with E-state index in [1.807, 2.05) is 0 Å². The van der Waals surface area contributed by atoms with Crippen LogP contribution in [0, 0.1) is 6.92 Å². The van der Waals surface area contributed by atoms with Crippen molar-refractivity contribution in [2.24, 2.45) is 0 Å². The van der Waals surface area contributed by atoms with Crippen LogP contribution in [0.1, 0.15) is 17.1 Å². The van der Waals surface area contributed by atoms with Gasteiger partial charge in [0.2, 0.25) is 0 Å². The molecule has 0 bridgehead atoms. The third-order valence-electron chi connectivity index (χ3n) is 3.66. The lowest BCUT2D eigenvalue weighted by molar-refractivity contribution is -0.123. The van der Waals surface area contributed by atoms with Crippen molar-refractivity contribution < 1.29 is 9.53 Å². The summed E-state index contributed by atoms with van der Waals surface area (Å²) in [5.74, 6) is 1.06. The summed E-state index contributed by atoms with van der Waals surface area (Å²) in [6.45, 7) is 2.16. The van der Waals surface area contributed by atoms with E-state index in [1.54, 1.807) is 42.2 Å². The fourth-order valence-corrected chi connectivity index (χ4v) is 2.74. The number of benzene rings is 1. The number of rotatable bonds is 7. The number of carbonyl (C=O) groups excluding carboxylic acids is 1. The minimum absolute atomic E-state index is 0.188. The second-order valence-corrected chi connectivity index (χ2v) is 6.72. The molecule has 0 spiro atoms. The fraction of sp³-hybridized carbons (Fsp3) is 0.235. The molecule has 3 N–H and O–H groups in total. The molecule has 0 aliphatic rings. The van der Waals surface area contributed by atoms with E-state index in [0.717, 1.165) is 5.56 Å². The molecule has 3 aromatic rings. The van der Waals surface area contributed by atoms with Crippen LogP contribution in [0.15, 0.2) is 30.6 Å². The summed E-state index contributed by atoms with van der Waals surface area (Å²) in [6.07, 6.45) is 3.36. The highest BCUT2D eigenvalue weighted by atomic mass is 35.5. The fourth-order valence-electron chi connectivity index (χ4n) is 2.28. The number of anilines is 1. The van der Waals surface area contributed by atoms with Gasteiger partial charge in [-0.15, -0.1) is 5.10 Å². The molecule has 0 radical (unpaired) electrons. The van der Waals surface area contributed by atoms with Crippen LogP contribution >= 0.6 is 23.2 Å². The number of nitrogens with two attached hydrogens (primary N) is 1. The largest absolute Gasteiger partial charge is 0.482 e. The summed E-state index contributed by atoms with van der Waals surface area (Å²) in [5, 5.41) is 11.5. The third-order valence-corrected chi connectivity index (χ3v) is 4.19. The van der Waals surface area contributed by atoms with Crippen molar-refractivity contribution in [2.45, 2.75) is 20.0 Å². The normalized spacial score (nSPS) is 10.7. The van der Waals surface area contributed by atoms with Crippen molar-refractivity contribution in [2.75, 3.05) is 12.3 Å². The smallest absolute Gasteiger partial charge is 0.258 e. The van der Waals surface area contributed by atoms with Crippen molar-refractivity contribution in [1.29, 1.82) is 0 Å². The standard InChI is InChI=1S/C17H17Cl2N7O2/c1-10-21-5-11(17(20)23-10)7-26-8-13(24-25-26)6-22-16(27)9-28-15-3-2-12(18)4-14(15)19/h2-5,8H,6-7,9H2,1H3,(H,22,27)(H2,20,21,23). The zero-order chi connectivity index (χ0) is 20.1. The highest BCUT2D eigenvalue weighted by Crippen LogP contribution is 2.27. The molecular formula is C17H17Cl2N7O2. The van der Waals surface area contributed by atoms with Crippen LogP contribution in [-0.2, 0) is 17.9 Å². The number of carbonyl (C=O) groups is 1. The van der Waals surface area contributed by atoms with Gasteiger partial charge in [-0.05, 0) is 25.1 Å². The lowest BCUT2D eigenvalue weighted by atomic mass is 10.3. The number of amides is 1. The maximum absolute atomic E-state index is 11.9. The predicted molar refractivity (Wildman–Crippen MR) is 104 cm³/mol. The molecular weight excluding hydrogens is 405 g/mol.